The van der Waals surface area contributed by atoms with E-state index in [1.165, 1.54) is 6.07 Å². The van der Waals surface area contributed by atoms with Crippen LogP contribution in [0.4, 0.5) is 24.5 Å². The molecule has 0 aromatic heterocycles. The summed E-state index contributed by atoms with van der Waals surface area (Å²) in [7, 11) is 1.77. The molecule has 1 aliphatic heterocycles. The number of nitrogens with one attached hydrogen (secondary N) is 1. The molecule has 1 heterocycles. The quantitative estimate of drug-likeness (QED) is 0.865. The van der Waals surface area contributed by atoms with E-state index in [0.29, 0.717) is 5.69 Å². The number of anilines is 2. The molecule has 0 fully saturated rings. The zero-order valence-corrected chi connectivity index (χ0v) is 11.3. The molecule has 0 bridgehead atoms. The molecule has 0 unspecified atom stereocenters. The van der Waals surface area contributed by atoms with Gasteiger partial charge in [0.25, 0.3) is 0 Å². The Bertz CT molecular complexity index is 464. The van der Waals surface area contributed by atoms with Gasteiger partial charge in [-0.2, -0.15) is 13.2 Å². The molecule has 1 aromatic rings. The Morgan fingerprint density at radius 3 is 2.37 bits per heavy atom. The van der Waals surface area contributed by atoms with Gasteiger partial charge in [0.05, 0.1) is 16.9 Å². The molecule has 0 spiro atoms. The van der Waals surface area contributed by atoms with Crippen molar-refractivity contribution in [2.75, 3.05) is 17.3 Å². The molecule has 105 valence electrons. The lowest BCUT2D eigenvalue weighted by Gasteiger charge is -2.22. The number of halogens is 3. The van der Waals surface area contributed by atoms with E-state index in [2.05, 4.69) is 19.2 Å². The van der Waals surface area contributed by atoms with Gasteiger partial charge < -0.3 is 10.2 Å². The van der Waals surface area contributed by atoms with Gasteiger partial charge in [0, 0.05) is 7.05 Å². The summed E-state index contributed by atoms with van der Waals surface area (Å²) in [4.78, 5) is 1.73. The summed E-state index contributed by atoms with van der Waals surface area (Å²) in [6, 6.07) is 2.81. The third kappa shape index (κ3) is 2.38. The van der Waals surface area contributed by atoms with Crippen molar-refractivity contribution in [3.63, 3.8) is 0 Å². The molecule has 2 rings (SSSR count). The minimum atomic E-state index is -4.33. The first-order valence-electron chi connectivity index (χ1n) is 6.46. The summed E-state index contributed by atoms with van der Waals surface area (Å²) in [5.74, 6) is 0.284. The van der Waals surface area contributed by atoms with Crippen molar-refractivity contribution in [2.24, 2.45) is 0 Å². The van der Waals surface area contributed by atoms with Crippen LogP contribution < -0.4 is 10.2 Å². The molecule has 1 radical (unpaired) electrons. The van der Waals surface area contributed by atoms with Crippen molar-refractivity contribution in [2.45, 2.75) is 38.8 Å². The lowest BCUT2D eigenvalue weighted by atomic mass is 9.90. The predicted molar refractivity (Wildman–Crippen MR) is 71.1 cm³/mol. The van der Waals surface area contributed by atoms with Gasteiger partial charge in [-0.3, -0.25) is 0 Å². The minimum Gasteiger partial charge on any atom is -0.360 e. The Labute approximate surface area is 111 Å². The van der Waals surface area contributed by atoms with E-state index in [9.17, 15) is 13.2 Å². The van der Waals surface area contributed by atoms with Gasteiger partial charge in [0.15, 0.2) is 0 Å². The number of benzene rings is 1. The van der Waals surface area contributed by atoms with Crippen LogP contribution >= 0.6 is 0 Å². The van der Waals surface area contributed by atoms with E-state index in [0.717, 1.165) is 18.4 Å². The zero-order chi connectivity index (χ0) is 14.2. The molecule has 5 heteroatoms. The summed E-state index contributed by atoms with van der Waals surface area (Å²) in [6.45, 7) is 5.69. The van der Waals surface area contributed by atoms with Crippen molar-refractivity contribution in [3.05, 3.63) is 29.9 Å². The molecule has 1 aromatic carbocycles. The summed E-state index contributed by atoms with van der Waals surface area (Å²) in [5.41, 5.74) is 1.22. The van der Waals surface area contributed by atoms with Crippen LogP contribution in [-0.2, 0) is 6.18 Å². The molecule has 19 heavy (non-hydrogen) atoms. The van der Waals surface area contributed by atoms with Crippen LogP contribution in [0.5, 0.6) is 0 Å². The second kappa shape index (κ2) is 4.94. The van der Waals surface area contributed by atoms with Gasteiger partial charge in [-0.05, 0) is 30.4 Å². The highest BCUT2D eigenvalue weighted by Crippen LogP contribution is 2.47. The third-order valence-corrected chi connectivity index (χ3v) is 3.70. The van der Waals surface area contributed by atoms with Crippen molar-refractivity contribution < 1.29 is 13.2 Å². The summed E-state index contributed by atoms with van der Waals surface area (Å²) in [5, 5.41) is 2.75. The highest BCUT2D eigenvalue weighted by molar-refractivity contribution is 5.83. The zero-order valence-electron chi connectivity index (χ0n) is 11.3. The molecular formula is C14H18F3N2. The van der Waals surface area contributed by atoms with E-state index in [4.69, 9.17) is 0 Å². The number of hydrogen-bond donors (Lipinski definition) is 1. The lowest BCUT2D eigenvalue weighted by molar-refractivity contribution is -0.136. The third-order valence-electron chi connectivity index (χ3n) is 3.70. The fourth-order valence-electron chi connectivity index (χ4n) is 2.65. The maximum Gasteiger partial charge on any atom is 0.418 e. The van der Waals surface area contributed by atoms with Crippen molar-refractivity contribution in [3.8, 4) is 0 Å². The van der Waals surface area contributed by atoms with Gasteiger partial charge in [-0.15, -0.1) is 0 Å². The SMILES string of the molecule is CCC(CC)c1ccc(C(F)(F)F)c2c1N(C)[CH]N2. The number of alkyl halides is 3. The van der Waals surface area contributed by atoms with E-state index >= 15 is 0 Å². The highest BCUT2D eigenvalue weighted by atomic mass is 19.4. The first-order chi connectivity index (χ1) is 8.90. The van der Waals surface area contributed by atoms with E-state index in [1.54, 1.807) is 24.7 Å². The first-order valence-corrected chi connectivity index (χ1v) is 6.46. The average Bonchev–Trinajstić information content (AvgIpc) is 2.72. The first kappa shape index (κ1) is 14.0. The molecule has 0 saturated heterocycles. The standard InChI is InChI=1S/C14H18F3N2/c1-4-9(5-2)10-6-7-11(14(15,16)17)12-13(10)19(3)8-18-12/h6-9,18H,4-5H2,1-3H3. The van der Waals surface area contributed by atoms with Gasteiger partial charge >= 0.3 is 6.18 Å². The molecular weight excluding hydrogens is 253 g/mol. The number of rotatable bonds is 3. The minimum absolute atomic E-state index is 0.180. The highest BCUT2D eigenvalue weighted by Gasteiger charge is 2.38. The Hall–Kier alpha value is -1.39. The molecule has 0 atom stereocenters. The molecule has 1 N–H and O–H groups in total. The lowest BCUT2D eigenvalue weighted by Crippen LogP contribution is -2.13. The van der Waals surface area contributed by atoms with Gasteiger partial charge in [-0.1, -0.05) is 19.9 Å². The average molecular weight is 271 g/mol. The molecule has 0 aliphatic carbocycles. The van der Waals surface area contributed by atoms with E-state index < -0.39 is 11.7 Å². The summed E-state index contributed by atoms with van der Waals surface area (Å²) < 4.78 is 39.0. The number of fused-ring (bicyclic) bond motifs is 1. The van der Waals surface area contributed by atoms with Gasteiger partial charge in [-0.25, -0.2) is 0 Å². The van der Waals surface area contributed by atoms with Crippen molar-refractivity contribution >= 4 is 11.4 Å². The van der Waals surface area contributed by atoms with Crippen molar-refractivity contribution in [1.82, 2.24) is 0 Å². The molecule has 2 nitrogen and oxygen atoms in total. The maximum absolute atomic E-state index is 13.0. The van der Waals surface area contributed by atoms with Gasteiger partial charge in [0.2, 0.25) is 0 Å². The topological polar surface area (TPSA) is 15.3 Å². The predicted octanol–water partition coefficient (Wildman–Crippen LogP) is 4.59. The number of nitrogens with zero attached hydrogens (tertiary/aromatic N) is 1. The van der Waals surface area contributed by atoms with Crippen LogP contribution in [0, 0.1) is 6.67 Å². The Morgan fingerprint density at radius 2 is 1.84 bits per heavy atom. The van der Waals surface area contributed by atoms with E-state index in [1.807, 2.05) is 0 Å². The normalized spacial score (nSPS) is 14.8. The van der Waals surface area contributed by atoms with E-state index in [-0.39, 0.29) is 11.6 Å². The molecule has 0 saturated carbocycles. The largest absolute Gasteiger partial charge is 0.418 e. The van der Waals surface area contributed by atoms with Crippen molar-refractivity contribution in [1.29, 1.82) is 0 Å². The van der Waals surface area contributed by atoms with Crippen LogP contribution in [0.25, 0.3) is 0 Å². The summed E-state index contributed by atoms with van der Waals surface area (Å²) in [6.07, 6.45) is -2.49. The fraction of sp³-hybridized carbons (Fsp3) is 0.500. The Balaban J connectivity index is 2.59. The van der Waals surface area contributed by atoms with Crippen LogP contribution in [0.3, 0.4) is 0 Å². The van der Waals surface area contributed by atoms with Crippen LogP contribution in [0.2, 0.25) is 0 Å². The Kier molecular flexibility index (Phi) is 3.65. The Morgan fingerprint density at radius 1 is 1.21 bits per heavy atom. The van der Waals surface area contributed by atoms with Gasteiger partial charge in [0.1, 0.15) is 6.67 Å². The molecule has 0 amide bonds. The second-order valence-corrected chi connectivity index (χ2v) is 4.82. The van der Waals surface area contributed by atoms with Crippen LogP contribution in [0.15, 0.2) is 12.1 Å². The number of hydrogen-bond acceptors (Lipinski definition) is 2. The molecule has 1 aliphatic rings. The summed E-state index contributed by atoms with van der Waals surface area (Å²) >= 11 is 0. The second-order valence-electron chi connectivity index (χ2n) is 4.82. The fourth-order valence-corrected chi connectivity index (χ4v) is 2.65. The van der Waals surface area contributed by atoms with Crippen LogP contribution in [-0.4, -0.2) is 7.05 Å². The maximum atomic E-state index is 13.0. The van der Waals surface area contributed by atoms with Crippen LogP contribution in [0.1, 0.15) is 43.7 Å². The monoisotopic (exact) mass is 271 g/mol. The smallest absolute Gasteiger partial charge is 0.360 e.